The van der Waals surface area contributed by atoms with E-state index in [0.29, 0.717) is 33.4 Å². The molecule has 0 saturated carbocycles. The molecule has 0 bridgehead atoms. The monoisotopic (exact) mass is 420 g/mol. The summed E-state index contributed by atoms with van der Waals surface area (Å²) in [6, 6.07) is 2.70. The van der Waals surface area contributed by atoms with Gasteiger partial charge in [-0.25, -0.2) is 23.8 Å². The number of rotatable bonds is 4. The lowest BCUT2D eigenvalue weighted by atomic mass is 10.2. The summed E-state index contributed by atoms with van der Waals surface area (Å²) in [7, 11) is 1.56. The average molecular weight is 421 g/mol. The van der Waals surface area contributed by atoms with Crippen LogP contribution in [0.2, 0.25) is 10.2 Å². The first-order valence-electron chi connectivity index (χ1n) is 8.10. The third-order valence-electron chi connectivity index (χ3n) is 4.07. The van der Waals surface area contributed by atoms with Gasteiger partial charge in [0.05, 0.1) is 40.6 Å². The molecule has 0 spiro atoms. The quantitative estimate of drug-likeness (QED) is 0.523. The van der Waals surface area contributed by atoms with Gasteiger partial charge in [-0.1, -0.05) is 23.2 Å². The first-order valence-corrected chi connectivity index (χ1v) is 8.85. The van der Waals surface area contributed by atoms with E-state index in [4.69, 9.17) is 27.9 Å². The lowest BCUT2D eigenvalue weighted by Gasteiger charge is -2.17. The van der Waals surface area contributed by atoms with Crippen molar-refractivity contribution in [1.82, 2.24) is 29.2 Å². The summed E-state index contributed by atoms with van der Waals surface area (Å²) >= 11 is 12.1. The van der Waals surface area contributed by atoms with Gasteiger partial charge in [-0.3, -0.25) is 0 Å². The topological polar surface area (TPSA) is 111 Å². The predicted molar refractivity (Wildman–Crippen MR) is 104 cm³/mol. The number of carbonyl (C=O) groups is 1. The number of amides is 2. The molecule has 4 heterocycles. The fraction of sp³-hybridized carbons (Fsp3) is 0.188. The van der Waals surface area contributed by atoms with Gasteiger partial charge in [0, 0.05) is 13.2 Å². The minimum absolute atomic E-state index is 0.287. The molecule has 0 aromatic carbocycles. The average Bonchev–Trinajstić information content (AvgIpc) is 3.26. The lowest BCUT2D eigenvalue weighted by molar-refractivity contribution is 0.114. The standard InChI is InChI=1S/C16H14Cl2N8O2/c1-8(28-2)14-11(5-19-13-4-12(18)24-26(13)14)23-16(27)22-9-3-10(17)15-20-7-21-25(15)6-9/h3-8H,1-2H3,(H2,22,23,27)/t8-/m0/s1. The van der Waals surface area contributed by atoms with Crippen molar-refractivity contribution in [3.05, 3.63) is 46.7 Å². The normalized spacial score (nSPS) is 12.4. The largest absolute Gasteiger partial charge is 0.375 e. The van der Waals surface area contributed by atoms with Crippen molar-refractivity contribution in [2.75, 3.05) is 17.7 Å². The Morgan fingerprint density at radius 1 is 1.25 bits per heavy atom. The van der Waals surface area contributed by atoms with Gasteiger partial charge in [-0.05, 0) is 13.0 Å². The zero-order valence-corrected chi connectivity index (χ0v) is 16.2. The number of methoxy groups -OCH3 is 1. The number of ether oxygens (including phenoxy) is 1. The van der Waals surface area contributed by atoms with Crippen LogP contribution >= 0.6 is 23.2 Å². The molecule has 0 fully saturated rings. The van der Waals surface area contributed by atoms with Crippen LogP contribution in [0, 0.1) is 0 Å². The Labute approximate surface area is 168 Å². The number of pyridine rings is 1. The molecular formula is C16H14Cl2N8O2. The van der Waals surface area contributed by atoms with E-state index in [1.807, 2.05) is 6.92 Å². The second kappa shape index (κ2) is 7.23. The predicted octanol–water partition coefficient (Wildman–Crippen LogP) is 3.43. The zero-order valence-electron chi connectivity index (χ0n) is 14.7. The fourth-order valence-electron chi connectivity index (χ4n) is 2.76. The van der Waals surface area contributed by atoms with Crippen LogP contribution in [0.25, 0.3) is 11.3 Å². The summed E-state index contributed by atoms with van der Waals surface area (Å²) < 4.78 is 8.41. The van der Waals surface area contributed by atoms with Gasteiger partial charge >= 0.3 is 6.03 Å². The van der Waals surface area contributed by atoms with Crippen LogP contribution in [0.3, 0.4) is 0 Å². The van der Waals surface area contributed by atoms with Crippen molar-refractivity contribution < 1.29 is 9.53 Å². The maximum atomic E-state index is 12.5. The minimum Gasteiger partial charge on any atom is -0.375 e. The number of urea groups is 1. The molecule has 0 radical (unpaired) electrons. The molecule has 0 aliphatic carbocycles. The van der Waals surface area contributed by atoms with Crippen molar-refractivity contribution in [2.24, 2.45) is 0 Å². The van der Waals surface area contributed by atoms with Crippen molar-refractivity contribution in [3.8, 4) is 0 Å². The second-order valence-corrected chi connectivity index (χ2v) is 6.65. The Hall–Kier alpha value is -2.95. The molecular weight excluding hydrogens is 407 g/mol. The van der Waals surface area contributed by atoms with Crippen LogP contribution in [-0.4, -0.2) is 42.3 Å². The van der Waals surface area contributed by atoms with Gasteiger partial charge < -0.3 is 15.4 Å². The first-order chi connectivity index (χ1) is 13.5. The number of nitrogens with one attached hydrogen (secondary N) is 2. The van der Waals surface area contributed by atoms with Crippen LogP contribution < -0.4 is 10.6 Å². The Bertz CT molecular complexity index is 1190. The highest BCUT2D eigenvalue weighted by Crippen LogP contribution is 2.27. The summed E-state index contributed by atoms with van der Waals surface area (Å²) in [5, 5.41) is 14.3. The number of nitrogens with zero attached hydrogens (tertiary/aromatic N) is 6. The van der Waals surface area contributed by atoms with Gasteiger partial charge in [0.25, 0.3) is 0 Å². The molecule has 2 amide bonds. The Morgan fingerprint density at radius 3 is 2.86 bits per heavy atom. The third kappa shape index (κ3) is 3.33. The highest BCUT2D eigenvalue weighted by molar-refractivity contribution is 6.33. The molecule has 144 valence electrons. The maximum absolute atomic E-state index is 12.5. The summed E-state index contributed by atoms with van der Waals surface area (Å²) in [4.78, 5) is 20.8. The number of aromatic nitrogens is 6. The highest BCUT2D eigenvalue weighted by atomic mass is 35.5. The molecule has 0 aliphatic rings. The van der Waals surface area contributed by atoms with Crippen LogP contribution in [-0.2, 0) is 4.74 Å². The van der Waals surface area contributed by atoms with E-state index in [9.17, 15) is 4.79 Å². The van der Waals surface area contributed by atoms with Crippen LogP contribution in [0.4, 0.5) is 16.2 Å². The van der Waals surface area contributed by atoms with E-state index in [1.54, 1.807) is 25.4 Å². The van der Waals surface area contributed by atoms with Gasteiger partial charge in [0.1, 0.15) is 6.33 Å². The van der Waals surface area contributed by atoms with Gasteiger partial charge in [-0.15, -0.1) is 0 Å². The van der Waals surface area contributed by atoms with E-state index in [-0.39, 0.29) is 11.3 Å². The van der Waals surface area contributed by atoms with E-state index in [0.717, 1.165) is 0 Å². The molecule has 28 heavy (non-hydrogen) atoms. The van der Waals surface area contributed by atoms with E-state index in [1.165, 1.54) is 21.6 Å². The molecule has 0 unspecified atom stereocenters. The summed E-state index contributed by atoms with van der Waals surface area (Å²) in [5.41, 5.74) is 2.50. The third-order valence-corrected chi connectivity index (χ3v) is 4.53. The van der Waals surface area contributed by atoms with Crippen LogP contribution in [0.5, 0.6) is 0 Å². The number of hydrogen-bond acceptors (Lipinski definition) is 6. The Kier molecular flexibility index (Phi) is 4.75. The number of carbonyl (C=O) groups excluding carboxylic acids is 1. The van der Waals surface area contributed by atoms with Gasteiger partial charge in [-0.2, -0.15) is 10.2 Å². The van der Waals surface area contributed by atoms with Crippen LogP contribution in [0.1, 0.15) is 18.7 Å². The number of fused-ring (bicyclic) bond motifs is 2. The number of anilines is 2. The molecule has 12 heteroatoms. The zero-order chi connectivity index (χ0) is 19.8. The van der Waals surface area contributed by atoms with Crippen molar-refractivity contribution in [3.63, 3.8) is 0 Å². The van der Waals surface area contributed by atoms with Crippen molar-refractivity contribution in [1.29, 1.82) is 0 Å². The smallest absolute Gasteiger partial charge is 0.323 e. The lowest BCUT2D eigenvalue weighted by Crippen LogP contribution is -2.22. The molecule has 4 aromatic heterocycles. The summed E-state index contributed by atoms with van der Waals surface area (Å²) in [6.45, 7) is 1.83. The highest BCUT2D eigenvalue weighted by Gasteiger charge is 2.19. The molecule has 0 aliphatic heterocycles. The Balaban J connectivity index is 1.64. The minimum atomic E-state index is -0.500. The number of halogens is 2. The van der Waals surface area contributed by atoms with E-state index in [2.05, 4.69) is 30.8 Å². The maximum Gasteiger partial charge on any atom is 0.323 e. The van der Waals surface area contributed by atoms with Crippen molar-refractivity contribution >= 4 is 51.9 Å². The Morgan fingerprint density at radius 2 is 2.07 bits per heavy atom. The number of hydrogen-bond donors (Lipinski definition) is 2. The molecule has 0 saturated heterocycles. The molecule has 2 N–H and O–H groups in total. The van der Waals surface area contributed by atoms with E-state index < -0.39 is 6.03 Å². The molecule has 1 atom stereocenters. The summed E-state index contributed by atoms with van der Waals surface area (Å²) in [5.74, 6) is 0. The molecule has 4 aromatic rings. The SMILES string of the molecule is CO[C@@H](C)c1c(NC(=O)Nc2cc(Cl)c3ncnn3c2)cnc2cc(Cl)nn12. The van der Waals surface area contributed by atoms with Gasteiger partial charge in [0.2, 0.25) is 0 Å². The van der Waals surface area contributed by atoms with Crippen LogP contribution in [0.15, 0.2) is 30.9 Å². The van der Waals surface area contributed by atoms with Gasteiger partial charge in [0.15, 0.2) is 16.4 Å². The second-order valence-electron chi connectivity index (χ2n) is 5.86. The molecule has 10 nitrogen and oxygen atoms in total. The molecule has 4 rings (SSSR count). The summed E-state index contributed by atoms with van der Waals surface area (Å²) in [6.07, 6.45) is 4.12. The first kappa shape index (κ1) is 18.4. The van der Waals surface area contributed by atoms with Crippen molar-refractivity contribution in [2.45, 2.75) is 13.0 Å². The van der Waals surface area contributed by atoms with E-state index >= 15 is 0 Å². The fourth-order valence-corrected chi connectivity index (χ4v) is 3.19.